The average Bonchev–Trinajstić information content (AvgIpc) is 2.92. The molecule has 1 aromatic heterocycles. The number of carboxylic acid groups (broad SMARTS) is 1. The second kappa shape index (κ2) is 6.91. The molecule has 1 saturated heterocycles. The van der Waals surface area contributed by atoms with Crippen LogP contribution in [0.4, 0.5) is 0 Å². The van der Waals surface area contributed by atoms with Crippen LogP contribution in [0.3, 0.4) is 0 Å². The maximum absolute atomic E-state index is 12.3. The van der Waals surface area contributed by atoms with Gasteiger partial charge in [0, 0.05) is 25.5 Å². The fraction of sp³-hybridized carbons (Fsp3) is 0.533. The summed E-state index contributed by atoms with van der Waals surface area (Å²) >= 11 is 1.45. The average molecular weight is 324 g/mol. The molecular weight excluding hydrogens is 304 g/mol. The standard InChI is InChI=1S/C15H20N2O4S/c1-10-8-22-9-12(10)14(19)16(2)7-13(18)17-5-3-4-11(6-17)15(20)21/h8-9,11H,3-7H2,1-2H3,(H,20,21)/t11-/m1/s1. The summed E-state index contributed by atoms with van der Waals surface area (Å²) in [6, 6.07) is 0. The number of piperidine rings is 1. The summed E-state index contributed by atoms with van der Waals surface area (Å²) in [5.41, 5.74) is 1.51. The molecule has 0 unspecified atom stereocenters. The van der Waals surface area contributed by atoms with Crippen molar-refractivity contribution < 1.29 is 19.5 Å². The molecule has 1 fully saturated rings. The van der Waals surface area contributed by atoms with Crippen LogP contribution in [0.15, 0.2) is 10.8 Å². The molecule has 0 radical (unpaired) electrons. The zero-order valence-electron chi connectivity index (χ0n) is 12.7. The van der Waals surface area contributed by atoms with Gasteiger partial charge in [-0.2, -0.15) is 11.3 Å². The topological polar surface area (TPSA) is 77.9 Å². The number of carbonyl (C=O) groups excluding carboxylic acids is 2. The van der Waals surface area contributed by atoms with Gasteiger partial charge in [0.2, 0.25) is 5.91 Å². The van der Waals surface area contributed by atoms with Crippen LogP contribution >= 0.6 is 11.3 Å². The number of hydrogen-bond acceptors (Lipinski definition) is 4. The quantitative estimate of drug-likeness (QED) is 0.909. The molecule has 1 N–H and O–H groups in total. The first-order chi connectivity index (χ1) is 10.4. The fourth-order valence-corrected chi connectivity index (χ4v) is 3.39. The Morgan fingerprint density at radius 2 is 2.14 bits per heavy atom. The van der Waals surface area contributed by atoms with Crippen LogP contribution in [0.2, 0.25) is 0 Å². The summed E-state index contributed by atoms with van der Waals surface area (Å²) in [6.07, 6.45) is 1.28. The van der Waals surface area contributed by atoms with Crippen molar-refractivity contribution in [2.45, 2.75) is 19.8 Å². The van der Waals surface area contributed by atoms with Crippen LogP contribution in [-0.4, -0.2) is 59.4 Å². The molecule has 7 heteroatoms. The Kier molecular flexibility index (Phi) is 5.18. The van der Waals surface area contributed by atoms with Crippen molar-refractivity contribution in [3.63, 3.8) is 0 Å². The fourth-order valence-electron chi connectivity index (χ4n) is 2.57. The molecule has 0 saturated carbocycles. The number of likely N-dealkylation sites (tertiary alicyclic amines) is 1. The van der Waals surface area contributed by atoms with E-state index in [4.69, 9.17) is 5.11 Å². The lowest BCUT2D eigenvalue weighted by molar-refractivity contribution is -0.145. The Bertz CT molecular complexity index is 584. The van der Waals surface area contributed by atoms with Gasteiger partial charge in [0.15, 0.2) is 0 Å². The summed E-state index contributed by atoms with van der Waals surface area (Å²) in [4.78, 5) is 38.5. The monoisotopic (exact) mass is 324 g/mol. The zero-order chi connectivity index (χ0) is 16.3. The molecule has 6 nitrogen and oxygen atoms in total. The van der Waals surface area contributed by atoms with Gasteiger partial charge in [-0.1, -0.05) is 0 Å². The lowest BCUT2D eigenvalue weighted by Crippen LogP contribution is -2.46. The second-order valence-corrected chi connectivity index (χ2v) is 6.39. The summed E-state index contributed by atoms with van der Waals surface area (Å²) in [7, 11) is 1.59. The van der Waals surface area contributed by atoms with E-state index in [2.05, 4.69) is 0 Å². The second-order valence-electron chi connectivity index (χ2n) is 5.65. The number of rotatable bonds is 4. The molecular formula is C15H20N2O4S. The molecule has 2 rings (SSSR count). The predicted octanol–water partition coefficient (Wildman–Crippen LogP) is 1.45. The summed E-state index contributed by atoms with van der Waals surface area (Å²) < 4.78 is 0. The lowest BCUT2D eigenvalue weighted by atomic mass is 9.98. The van der Waals surface area contributed by atoms with E-state index >= 15 is 0 Å². The van der Waals surface area contributed by atoms with Crippen LogP contribution in [0.5, 0.6) is 0 Å². The molecule has 2 heterocycles. The zero-order valence-corrected chi connectivity index (χ0v) is 13.6. The molecule has 1 aliphatic heterocycles. The van der Waals surface area contributed by atoms with Crippen molar-refractivity contribution in [2.75, 3.05) is 26.7 Å². The van der Waals surface area contributed by atoms with Crippen molar-refractivity contribution in [1.29, 1.82) is 0 Å². The van der Waals surface area contributed by atoms with Crippen molar-refractivity contribution in [3.8, 4) is 0 Å². The highest BCUT2D eigenvalue weighted by atomic mass is 32.1. The van der Waals surface area contributed by atoms with E-state index in [9.17, 15) is 14.4 Å². The van der Waals surface area contributed by atoms with Gasteiger partial charge in [-0.15, -0.1) is 0 Å². The minimum absolute atomic E-state index is 0.0273. The number of amides is 2. The van der Waals surface area contributed by atoms with E-state index in [0.29, 0.717) is 24.9 Å². The highest BCUT2D eigenvalue weighted by Gasteiger charge is 2.29. The van der Waals surface area contributed by atoms with Crippen molar-refractivity contribution in [3.05, 3.63) is 21.9 Å². The van der Waals surface area contributed by atoms with Crippen molar-refractivity contribution in [2.24, 2.45) is 5.92 Å². The van der Waals surface area contributed by atoms with Crippen LogP contribution < -0.4 is 0 Å². The first-order valence-corrected chi connectivity index (χ1v) is 8.13. The van der Waals surface area contributed by atoms with Gasteiger partial charge in [0.25, 0.3) is 5.91 Å². The lowest BCUT2D eigenvalue weighted by Gasteiger charge is -2.32. The number of aryl methyl sites for hydroxylation is 1. The minimum atomic E-state index is -0.865. The van der Waals surface area contributed by atoms with E-state index in [1.165, 1.54) is 16.2 Å². The van der Waals surface area contributed by atoms with Gasteiger partial charge >= 0.3 is 5.97 Å². The van der Waals surface area contributed by atoms with Crippen LogP contribution in [0, 0.1) is 12.8 Å². The van der Waals surface area contributed by atoms with Gasteiger partial charge in [0.05, 0.1) is 18.0 Å². The molecule has 1 aromatic rings. The Hall–Kier alpha value is -1.89. The van der Waals surface area contributed by atoms with E-state index in [1.54, 1.807) is 17.3 Å². The third-order valence-electron chi connectivity index (χ3n) is 3.93. The molecule has 1 aliphatic rings. The first-order valence-electron chi connectivity index (χ1n) is 7.19. The van der Waals surface area contributed by atoms with Gasteiger partial charge in [-0.3, -0.25) is 14.4 Å². The molecule has 1 atom stereocenters. The van der Waals surface area contributed by atoms with Crippen LogP contribution in [-0.2, 0) is 9.59 Å². The minimum Gasteiger partial charge on any atom is -0.481 e. The molecule has 22 heavy (non-hydrogen) atoms. The maximum atomic E-state index is 12.3. The molecule has 2 amide bonds. The summed E-state index contributed by atoms with van der Waals surface area (Å²) in [5, 5.41) is 12.7. The maximum Gasteiger partial charge on any atom is 0.308 e. The Morgan fingerprint density at radius 1 is 1.41 bits per heavy atom. The Balaban J connectivity index is 1.95. The number of thiophene rings is 1. The Morgan fingerprint density at radius 3 is 2.73 bits per heavy atom. The smallest absolute Gasteiger partial charge is 0.308 e. The van der Waals surface area contributed by atoms with Crippen molar-refractivity contribution >= 4 is 29.1 Å². The van der Waals surface area contributed by atoms with Gasteiger partial charge in [0.1, 0.15) is 0 Å². The van der Waals surface area contributed by atoms with Crippen LogP contribution in [0.25, 0.3) is 0 Å². The third kappa shape index (κ3) is 3.65. The number of nitrogens with zero attached hydrogens (tertiary/aromatic N) is 2. The van der Waals surface area contributed by atoms with E-state index in [1.807, 2.05) is 12.3 Å². The SMILES string of the molecule is Cc1cscc1C(=O)N(C)CC(=O)N1CCC[C@@H](C(=O)O)C1. The third-order valence-corrected chi connectivity index (χ3v) is 4.79. The first kappa shape index (κ1) is 16.5. The summed E-state index contributed by atoms with van der Waals surface area (Å²) in [6.45, 7) is 2.62. The number of likely N-dealkylation sites (N-methyl/N-ethyl adjacent to an activating group) is 1. The molecule has 0 spiro atoms. The number of carbonyl (C=O) groups is 3. The van der Waals surface area contributed by atoms with Crippen LogP contribution in [0.1, 0.15) is 28.8 Å². The highest BCUT2D eigenvalue weighted by molar-refractivity contribution is 7.08. The van der Waals surface area contributed by atoms with Gasteiger partial charge in [-0.25, -0.2) is 0 Å². The van der Waals surface area contributed by atoms with E-state index in [0.717, 1.165) is 5.56 Å². The number of aliphatic carboxylic acids is 1. The van der Waals surface area contributed by atoms with Gasteiger partial charge in [-0.05, 0) is 30.7 Å². The normalized spacial score (nSPS) is 18.1. The van der Waals surface area contributed by atoms with E-state index in [-0.39, 0.29) is 24.9 Å². The van der Waals surface area contributed by atoms with E-state index < -0.39 is 11.9 Å². The molecule has 0 aromatic carbocycles. The summed E-state index contributed by atoms with van der Waals surface area (Å²) in [5.74, 6) is -1.75. The predicted molar refractivity (Wildman–Crippen MR) is 83.0 cm³/mol. The highest BCUT2D eigenvalue weighted by Crippen LogP contribution is 2.18. The number of hydrogen-bond donors (Lipinski definition) is 1. The molecule has 0 bridgehead atoms. The van der Waals surface area contributed by atoms with Gasteiger partial charge < -0.3 is 14.9 Å². The number of carboxylic acids is 1. The largest absolute Gasteiger partial charge is 0.481 e. The van der Waals surface area contributed by atoms with Crippen molar-refractivity contribution in [1.82, 2.24) is 9.80 Å². The molecule has 0 aliphatic carbocycles. The Labute approximate surface area is 133 Å². The molecule has 120 valence electrons.